The topological polar surface area (TPSA) is 43.6 Å². The molecule has 8 aromatic carbocycles. The van der Waals surface area contributed by atoms with Gasteiger partial charge in [-0.05, 0) is 53.6 Å². The molecular weight excluding hydrogens is 733 g/mol. The first-order valence-corrected chi connectivity index (χ1v) is 20.2. The zero-order chi connectivity index (χ0) is 41.8. The fourth-order valence-corrected chi connectivity index (χ4v) is 10.7. The molecule has 0 saturated carbocycles. The molecule has 0 aliphatic heterocycles. The van der Waals surface area contributed by atoms with E-state index in [0.717, 1.165) is 90.1 Å². The third kappa shape index (κ3) is 5.08. The Kier molecular flexibility index (Phi) is 6.18. The molecule has 0 bridgehead atoms. The van der Waals surface area contributed by atoms with Crippen molar-refractivity contribution in [1.29, 1.82) is 0 Å². The van der Waals surface area contributed by atoms with Crippen LogP contribution in [0.2, 0.25) is 0 Å². The highest BCUT2D eigenvalue weighted by Crippen LogP contribution is 2.46. The lowest BCUT2D eigenvalue weighted by Crippen LogP contribution is -2.01. The van der Waals surface area contributed by atoms with Gasteiger partial charge in [0.25, 0.3) is 0 Å². The molecule has 6 heteroatoms. The van der Waals surface area contributed by atoms with Gasteiger partial charge in [-0.15, -0.1) is 22.7 Å². The third-order valence-electron chi connectivity index (χ3n) is 10.7. The summed E-state index contributed by atoms with van der Waals surface area (Å²) in [6, 6.07) is 50.2. The SMILES string of the molecule is [2H]c1c([2H])c([2H])c(-c2nc(-c3cccc4c3sc3ccccc34)nc(-c3cc(-n4c5ccccc5c5ccccc54)cc4c3sc3cccc(-c5ccccc5)c34)n2)c([2H])c1[2H]. The number of rotatable bonds is 5. The Hall–Kier alpha value is -6.99. The van der Waals surface area contributed by atoms with E-state index in [4.69, 9.17) is 21.8 Å². The maximum absolute atomic E-state index is 9.05. The summed E-state index contributed by atoms with van der Waals surface area (Å²) < 4.78 is 50.1. The van der Waals surface area contributed by atoms with Crippen LogP contribution in [0.15, 0.2) is 182 Å². The molecule has 12 rings (SSSR count). The van der Waals surface area contributed by atoms with Gasteiger partial charge in [0.1, 0.15) is 0 Å². The lowest BCUT2D eigenvalue weighted by atomic mass is 9.98. The van der Waals surface area contributed by atoms with Crippen molar-refractivity contribution in [3.05, 3.63) is 182 Å². The molecule has 0 amide bonds. The van der Waals surface area contributed by atoms with Crippen molar-refractivity contribution in [2.75, 3.05) is 0 Å². The van der Waals surface area contributed by atoms with E-state index in [0.29, 0.717) is 11.6 Å². The van der Waals surface area contributed by atoms with Gasteiger partial charge in [-0.1, -0.05) is 139 Å². The largest absolute Gasteiger partial charge is 0.309 e. The van der Waals surface area contributed by atoms with Crippen molar-refractivity contribution in [3.8, 4) is 51.0 Å². The summed E-state index contributed by atoms with van der Waals surface area (Å²) >= 11 is 3.31. The molecule has 0 unspecified atom stereocenters. The smallest absolute Gasteiger partial charge is 0.165 e. The van der Waals surface area contributed by atoms with Crippen molar-refractivity contribution < 1.29 is 6.85 Å². The molecule has 0 N–H and O–H groups in total. The Labute approximate surface area is 342 Å². The van der Waals surface area contributed by atoms with Crippen LogP contribution in [-0.4, -0.2) is 19.5 Å². The summed E-state index contributed by atoms with van der Waals surface area (Å²) in [5.74, 6) is 0.674. The number of hydrogen-bond acceptors (Lipinski definition) is 5. The number of para-hydroxylation sites is 2. The van der Waals surface area contributed by atoms with E-state index >= 15 is 0 Å². The normalized spacial score (nSPS) is 13.1. The fourth-order valence-electron chi connectivity index (χ4n) is 8.28. The molecule has 4 heterocycles. The van der Waals surface area contributed by atoms with Crippen molar-refractivity contribution in [3.63, 3.8) is 0 Å². The Balaban J connectivity index is 1.23. The van der Waals surface area contributed by atoms with Gasteiger partial charge in [0.05, 0.1) is 17.9 Å². The van der Waals surface area contributed by atoms with Crippen LogP contribution in [0.25, 0.3) is 113 Å². The van der Waals surface area contributed by atoms with Crippen LogP contribution in [0.4, 0.5) is 0 Å². The van der Waals surface area contributed by atoms with Crippen LogP contribution < -0.4 is 0 Å². The van der Waals surface area contributed by atoms with Crippen LogP contribution in [-0.2, 0) is 0 Å². The predicted octanol–water partition coefficient (Wildman–Crippen LogP) is 14.4. The molecule has 4 nitrogen and oxygen atoms in total. The molecule has 0 spiro atoms. The standard InChI is InChI=1S/C51H30N4S2/c1-3-15-31(16-4-1)34-22-14-28-45-46(34)40-29-33(55-42-25-10-7-19-35(42)36-20-8-11-26-43(36)55)30-41(48(40)57-45)51-53-49(32-17-5-2-6-18-32)52-50(54-51)39-24-13-23-38-37-21-9-12-27-44(37)56-47(38)39/h1-30H/i2D,5D,6D,17D,18D. The van der Waals surface area contributed by atoms with E-state index < -0.39 is 18.1 Å². The molecule has 0 fully saturated rings. The van der Waals surface area contributed by atoms with Gasteiger partial charge in [0.15, 0.2) is 17.5 Å². The van der Waals surface area contributed by atoms with Crippen LogP contribution in [0, 0.1) is 0 Å². The van der Waals surface area contributed by atoms with E-state index in [9.17, 15) is 0 Å². The second-order valence-corrected chi connectivity index (χ2v) is 16.1. The highest BCUT2D eigenvalue weighted by atomic mass is 32.1. The second kappa shape index (κ2) is 12.8. The molecule has 4 aromatic heterocycles. The van der Waals surface area contributed by atoms with Gasteiger partial charge in [-0.3, -0.25) is 0 Å². The minimum absolute atomic E-state index is 0.00150. The monoisotopic (exact) mass is 767 g/mol. The zero-order valence-electron chi connectivity index (χ0n) is 35.0. The average Bonchev–Trinajstić information content (AvgIpc) is 4.00. The highest BCUT2D eigenvalue weighted by molar-refractivity contribution is 7.26. The lowest BCUT2D eigenvalue weighted by Gasteiger charge is -2.14. The molecule has 57 heavy (non-hydrogen) atoms. The van der Waals surface area contributed by atoms with Gasteiger partial charge in [-0.25, -0.2) is 15.0 Å². The number of hydrogen-bond donors (Lipinski definition) is 0. The van der Waals surface area contributed by atoms with Crippen LogP contribution in [0.3, 0.4) is 0 Å². The minimum atomic E-state index is -0.478. The Morgan fingerprint density at radius 2 is 1.00 bits per heavy atom. The van der Waals surface area contributed by atoms with Crippen molar-refractivity contribution in [2.45, 2.75) is 0 Å². The highest BCUT2D eigenvalue weighted by Gasteiger charge is 2.22. The number of thiophene rings is 2. The molecule has 0 saturated heterocycles. The van der Waals surface area contributed by atoms with E-state index in [1.54, 1.807) is 22.7 Å². The summed E-state index contributed by atoms with van der Waals surface area (Å²) in [6.45, 7) is 0. The Morgan fingerprint density at radius 1 is 0.421 bits per heavy atom. The number of benzene rings is 8. The summed E-state index contributed by atoms with van der Waals surface area (Å²) in [7, 11) is 0. The minimum Gasteiger partial charge on any atom is -0.309 e. The third-order valence-corrected chi connectivity index (χ3v) is 13.2. The number of aromatic nitrogens is 4. The van der Waals surface area contributed by atoms with Gasteiger partial charge in [0.2, 0.25) is 0 Å². The predicted molar refractivity (Wildman–Crippen MR) is 242 cm³/mol. The van der Waals surface area contributed by atoms with Gasteiger partial charge >= 0.3 is 0 Å². The van der Waals surface area contributed by atoms with Crippen molar-refractivity contribution in [2.24, 2.45) is 0 Å². The van der Waals surface area contributed by atoms with Gasteiger partial charge < -0.3 is 4.57 Å². The average molecular weight is 768 g/mol. The molecule has 0 aliphatic rings. The fraction of sp³-hybridized carbons (Fsp3) is 0. The molecule has 0 atom stereocenters. The van der Waals surface area contributed by atoms with E-state index in [-0.39, 0.29) is 23.5 Å². The van der Waals surface area contributed by atoms with Crippen LogP contribution in [0.1, 0.15) is 6.85 Å². The quantitative estimate of drug-likeness (QED) is 0.175. The second-order valence-electron chi connectivity index (χ2n) is 14.0. The first kappa shape index (κ1) is 27.6. The van der Waals surface area contributed by atoms with Crippen molar-refractivity contribution in [1.82, 2.24) is 19.5 Å². The summed E-state index contributed by atoms with van der Waals surface area (Å²) in [4.78, 5) is 15.4. The van der Waals surface area contributed by atoms with E-state index in [1.165, 1.54) is 0 Å². The Morgan fingerprint density at radius 3 is 1.79 bits per heavy atom. The van der Waals surface area contributed by atoms with Gasteiger partial charge in [-0.2, -0.15) is 0 Å². The zero-order valence-corrected chi connectivity index (χ0v) is 31.7. The van der Waals surface area contributed by atoms with Crippen LogP contribution in [0.5, 0.6) is 0 Å². The summed E-state index contributed by atoms with van der Waals surface area (Å²) in [5.41, 5.74) is 6.63. The van der Waals surface area contributed by atoms with E-state index in [2.05, 4.69) is 126 Å². The molecule has 266 valence electrons. The summed E-state index contributed by atoms with van der Waals surface area (Å²) in [5, 5.41) is 6.58. The van der Waals surface area contributed by atoms with Gasteiger partial charge in [0, 0.05) is 73.5 Å². The van der Waals surface area contributed by atoms with E-state index in [1.807, 2.05) is 30.3 Å². The molecular formula is C51H30N4S2. The number of fused-ring (bicyclic) bond motifs is 9. The van der Waals surface area contributed by atoms with Crippen LogP contribution >= 0.6 is 22.7 Å². The number of nitrogens with zero attached hydrogens (tertiary/aromatic N) is 4. The van der Waals surface area contributed by atoms with Crippen molar-refractivity contribution >= 4 is 84.8 Å². The maximum atomic E-state index is 9.05. The summed E-state index contributed by atoms with van der Waals surface area (Å²) in [6.07, 6.45) is 0. The molecule has 12 aromatic rings. The molecule has 0 aliphatic carbocycles. The lowest BCUT2D eigenvalue weighted by molar-refractivity contribution is 1.08. The first-order chi connectivity index (χ1) is 30.3. The molecule has 0 radical (unpaired) electrons. The Bertz CT molecular complexity index is 3750. The first-order valence-electron chi connectivity index (χ1n) is 21.1. The maximum Gasteiger partial charge on any atom is 0.165 e.